The molecule has 1 fully saturated rings. The third kappa shape index (κ3) is 3.68. The smallest absolute Gasteiger partial charge is 0.311 e. The lowest BCUT2D eigenvalue weighted by molar-refractivity contribution is -0.159. The highest BCUT2D eigenvalue weighted by atomic mass is 16.6. The van der Waals surface area contributed by atoms with E-state index in [2.05, 4.69) is 14.9 Å². The second kappa shape index (κ2) is 5.38. The fourth-order valence-corrected chi connectivity index (χ4v) is 2.37. The molecule has 0 aromatic carbocycles. The molecule has 2 heterocycles. The minimum Gasteiger partial charge on any atom is -0.460 e. The van der Waals surface area contributed by atoms with Gasteiger partial charge in [0.25, 0.3) is 0 Å². The Hall–Kier alpha value is -1.65. The Kier molecular flexibility index (Phi) is 3.97. The molecule has 1 aliphatic rings. The number of hydrogen-bond acceptors (Lipinski definition) is 5. The first-order valence-electron chi connectivity index (χ1n) is 7.05. The van der Waals surface area contributed by atoms with Crippen LogP contribution in [0.3, 0.4) is 0 Å². The van der Waals surface area contributed by atoms with Gasteiger partial charge < -0.3 is 9.64 Å². The van der Waals surface area contributed by atoms with Crippen molar-refractivity contribution in [3.05, 3.63) is 17.5 Å². The summed E-state index contributed by atoms with van der Waals surface area (Å²) in [5.41, 5.74) is 1.47. The van der Waals surface area contributed by atoms with Gasteiger partial charge in [-0.2, -0.15) is 0 Å². The predicted molar refractivity (Wildman–Crippen MR) is 77.7 cm³/mol. The van der Waals surface area contributed by atoms with Crippen LogP contribution in [0.5, 0.6) is 0 Å². The molecule has 20 heavy (non-hydrogen) atoms. The number of anilines is 1. The summed E-state index contributed by atoms with van der Waals surface area (Å²) in [4.78, 5) is 23.0. The van der Waals surface area contributed by atoms with Gasteiger partial charge in [0.1, 0.15) is 5.60 Å². The van der Waals surface area contributed by atoms with Gasteiger partial charge in [-0.05, 0) is 47.1 Å². The third-order valence-electron chi connectivity index (χ3n) is 3.18. The van der Waals surface area contributed by atoms with Crippen molar-refractivity contribution in [2.45, 2.75) is 46.6 Å². The summed E-state index contributed by atoms with van der Waals surface area (Å²) in [5, 5.41) is 0. The van der Waals surface area contributed by atoms with Crippen LogP contribution in [-0.4, -0.2) is 34.6 Å². The minimum absolute atomic E-state index is 0.0846. The summed E-state index contributed by atoms with van der Waals surface area (Å²) >= 11 is 0. The number of aromatic nitrogens is 2. The lowest BCUT2D eigenvalue weighted by Crippen LogP contribution is -2.31. The monoisotopic (exact) mass is 277 g/mol. The molecule has 0 N–H and O–H groups in total. The zero-order chi connectivity index (χ0) is 14.9. The fourth-order valence-electron chi connectivity index (χ4n) is 2.37. The number of aryl methyl sites for hydroxylation is 2. The Morgan fingerprint density at radius 3 is 2.45 bits per heavy atom. The highest BCUT2D eigenvalue weighted by Crippen LogP contribution is 2.24. The summed E-state index contributed by atoms with van der Waals surface area (Å²) < 4.78 is 5.45. The molecule has 2 rings (SSSR count). The maximum absolute atomic E-state index is 12.1. The van der Waals surface area contributed by atoms with Crippen molar-refractivity contribution in [1.82, 2.24) is 9.97 Å². The van der Waals surface area contributed by atoms with Crippen LogP contribution >= 0.6 is 0 Å². The molecule has 0 amide bonds. The molecule has 1 saturated heterocycles. The first-order chi connectivity index (χ1) is 9.24. The standard InChI is InChI=1S/C15H23N3O2/c1-10-8-11(2)17-14(16-10)18-7-6-12(9-18)13(19)20-15(3,4)5/h8,12H,6-7,9H2,1-5H3. The van der Waals surface area contributed by atoms with Crippen molar-refractivity contribution < 1.29 is 9.53 Å². The van der Waals surface area contributed by atoms with Crippen molar-refractivity contribution in [3.8, 4) is 0 Å². The van der Waals surface area contributed by atoms with Gasteiger partial charge in [-0.15, -0.1) is 0 Å². The number of esters is 1. The Balaban J connectivity index is 2.03. The van der Waals surface area contributed by atoms with E-state index in [-0.39, 0.29) is 11.9 Å². The average molecular weight is 277 g/mol. The van der Waals surface area contributed by atoms with Gasteiger partial charge in [0, 0.05) is 24.5 Å². The summed E-state index contributed by atoms with van der Waals surface area (Å²) in [7, 11) is 0. The molecule has 5 heteroatoms. The molecule has 0 saturated carbocycles. The summed E-state index contributed by atoms with van der Waals surface area (Å²) in [6.45, 7) is 11.0. The molecule has 110 valence electrons. The molecule has 0 aliphatic carbocycles. The number of nitrogens with zero attached hydrogens (tertiary/aromatic N) is 3. The van der Waals surface area contributed by atoms with E-state index < -0.39 is 5.60 Å². The maximum atomic E-state index is 12.1. The van der Waals surface area contributed by atoms with E-state index in [0.29, 0.717) is 12.5 Å². The third-order valence-corrected chi connectivity index (χ3v) is 3.18. The van der Waals surface area contributed by atoms with E-state index in [9.17, 15) is 4.79 Å². The van der Waals surface area contributed by atoms with Crippen LogP contribution in [0.1, 0.15) is 38.6 Å². The molecular weight excluding hydrogens is 254 g/mol. The van der Waals surface area contributed by atoms with E-state index in [1.165, 1.54) is 0 Å². The quantitative estimate of drug-likeness (QED) is 0.776. The van der Waals surface area contributed by atoms with E-state index in [1.807, 2.05) is 40.7 Å². The Morgan fingerprint density at radius 1 is 1.30 bits per heavy atom. The van der Waals surface area contributed by atoms with Crippen molar-refractivity contribution in [1.29, 1.82) is 0 Å². The minimum atomic E-state index is -0.430. The lowest BCUT2D eigenvalue weighted by Gasteiger charge is -2.22. The molecule has 1 atom stereocenters. The summed E-state index contributed by atoms with van der Waals surface area (Å²) in [5.74, 6) is 0.511. The molecular formula is C15H23N3O2. The van der Waals surface area contributed by atoms with Crippen molar-refractivity contribution in [3.63, 3.8) is 0 Å². The largest absolute Gasteiger partial charge is 0.460 e. The van der Waals surface area contributed by atoms with Crippen molar-refractivity contribution in [2.75, 3.05) is 18.0 Å². The maximum Gasteiger partial charge on any atom is 0.311 e. The first-order valence-corrected chi connectivity index (χ1v) is 7.05. The molecule has 1 unspecified atom stereocenters. The highest BCUT2D eigenvalue weighted by molar-refractivity contribution is 5.74. The van der Waals surface area contributed by atoms with Crippen LogP contribution in [0.4, 0.5) is 5.95 Å². The molecule has 1 aliphatic heterocycles. The van der Waals surface area contributed by atoms with Crippen LogP contribution in [-0.2, 0) is 9.53 Å². The average Bonchev–Trinajstić information content (AvgIpc) is 2.74. The van der Waals surface area contributed by atoms with E-state index >= 15 is 0 Å². The summed E-state index contributed by atoms with van der Waals surface area (Å²) in [6.07, 6.45) is 0.797. The van der Waals surface area contributed by atoms with Crippen molar-refractivity contribution in [2.24, 2.45) is 5.92 Å². The number of hydrogen-bond donors (Lipinski definition) is 0. The number of rotatable bonds is 2. The van der Waals surface area contributed by atoms with Gasteiger partial charge in [-0.3, -0.25) is 4.79 Å². The number of carbonyl (C=O) groups excluding carboxylic acids is 1. The first kappa shape index (κ1) is 14.8. The Bertz CT molecular complexity index is 488. The Labute approximate surface area is 120 Å². The van der Waals surface area contributed by atoms with Crippen molar-refractivity contribution >= 4 is 11.9 Å². The second-order valence-corrected chi connectivity index (χ2v) is 6.42. The fraction of sp³-hybridized carbons (Fsp3) is 0.667. The van der Waals surface area contributed by atoms with Crippen LogP contribution in [0, 0.1) is 19.8 Å². The lowest BCUT2D eigenvalue weighted by atomic mass is 10.1. The molecule has 1 aromatic heterocycles. The summed E-state index contributed by atoms with van der Waals surface area (Å²) in [6, 6.07) is 1.95. The molecule has 0 spiro atoms. The van der Waals surface area contributed by atoms with E-state index in [4.69, 9.17) is 4.74 Å². The second-order valence-electron chi connectivity index (χ2n) is 6.42. The zero-order valence-corrected chi connectivity index (χ0v) is 12.9. The van der Waals surface area contributed by atoms with Crippen LogP contribution in [0.2, 0.25) is 0 Å². The molecule has 1 aromatic rings. The van der Waals surface area contributed by atoms with Gasteiger partial charge in [-0.25, -0.2) is 9.97 Å². The number of ether oxygens (including phenoxy) is 1. The predicted octanol–water partition coefficient (Wildman–Crippen LogP) is 2.26. The SMILES string of the molecule is Cc1cc(C)nc(N2CCC(C(=O)OC(C)(C)C)C2)n1. The highest BCUT2D eigenvalue weighted by Gasteiger charge is 2.33. The molecule has 5 nitrogen and oxygen atoms in total. The Morgan fingerprint density at radius 2 is 1.90 bits per heavy atom. The van der Waals surface area contributed by atoms with Gasteiger partial charge >= 0.3 is 5.97 Å². The van der Waals surface area contributed by atoms with Gasteiger partial charge in [0.15, 0.2) is 0 Å². The van der Waals surface area contributed by atoms with E-state index in [1.54, 1.807) is 0 Å². The molecule has 0 bridgehead atoms. The zero-order valence-electron chi connectivity index (χ0n) is 12.9. The van der Waals surface area contributed by atoms with Crippen LogP contribution in [0.25, 0.3) is 0 Å². The van der Waals surface area contributed by atoms with Gasteiger partial charge in [-0.1, -0.05) is 0 Å². The van der Waals surface area contributed by atoms with Gasteiger partial charge in [0.2, 0.25) is 5.95 Å². The normalized spacial score (nSPS) is 19.2. The number of carbonyl (C=O) groups is 1. The van der Waals surface area contributed by atoms with E-state index in [0.717, 1.165) is 24.4 Å². The topological polar surface area (TPSA) is 55.3 Å². The van der Waals surface area contributed by atoms with Crippen LogP contribution < -0.4 is 4.90 Å². The molecule has 0 radical (unpaired) electrons. The van der Waals surface area contributed by atoms with Gasteiger partial charge in [0.05, 0.1) is 5.92 Å². The van der Waals surface area contributed by atoms with Crippen LogP contribution in [0.15, 0.2) is 6.07 Å².